The van der Waals surface area contributed by atoms with E-state index >= 15 is 0 Å². The second kappa shape index (κ2) is 5.05. The Morgan fingerprint density at radius 3 is 3.06 bits per heavy atom. The van der Waals surface area contributed by atoms with Crippen LogP contribution in [0.25, 0.3) is 0 Å². The Bertz CT molecular complexity index is 414. The van der Waals surface area contributed by atoms with Gasteiger partial charge in [0.15, 0.2) is 0 Å². The summed E-state index contributed by atoms with van der Waals surface area (Å²) in [4.78, 5) is 11.0. The molecule has 1 aromatic carbocycles. The van der Waals surface area contributed by atoms with Crippen molar-refractivity contribution in [2.75, 3.05) is 24.2 Å². The van der Waals surface area contributed by atoms with Crippen molar-refractivity contribution in [3.05, 3.63) is 23.8 Å². The molecule has 0 radical (unpaired) electrons. The van der Waals surface area contributed by atoms with Crippen LogP contribution < -0.4 is 11.1 Å². The van der Waals surface area contributed by atoms with Crippen LogP contribution in [0.3, 0.4) is 0 Å². The van der Waals surface area contributed by atoms with Crippen LogP contribution in [-0.4, -0.2) is 30.3 Å². The maximum absolute atomic E-state index is 11.0. The summed E-state index contributed by atoms with van der Waals surface area (Å²) in [6, 6.07) is 4.83. The van der Waals surface area contributed by atoms with Gasteiger partial charge in [-0.3, -0.25) is 0 Å². The minimum atomic E-state index is -0.979. The van der Waals surface area contributed by atoms with Crippen LogP contribution in [0, 0.1) is 0 Å². The molecule has 0 spiro atoms. The Kier molecular flexibility index (Phi) is 3.49. The highest BCUT2D eigenvalue weighted by molar-refractivity contribution is 5.95. The van der Waals surface area contributed by atoms with E-state index in [0.29, 0.717) is 17.9 Å². The molecular weight excluding hydrogens is 220 g/mol. The van der Waals surface area contributed by atoms with E-state index in [4.69, 9.17) is 15.6 Å². The van der Waals surface area contributed by atoms with Gasteiger partial charge >= 0.3 is 5.97 Å². The summed E-state index contributed by atoms with van der Waals surface area (Å²) in [7, 11) is 0. The largest absolute Gasteiger partial charge is 0.478 e. The molecule has 0 saturated carbocycles. The highest BCUT2D eigenvalue weighted by atomic mass is 16.5. The van der Waals surface area contributed by atoms with Crippen molar-refractivity contribution in [1.82, 2.24) is 0 Å². The molecular formula is C12H16N2O3. The number of hydrogen-bond donors (Lipinski definition) is 3. The average Bonchev–Trinajstić information content (AvgIpc) is 2.80. The first-order valence-electron chi connectivity index (χ1n) is 5.65. The zero-order valence-electron chi connectivity index (χ0n) is 9.48. The number of benzene rings is 1. The van der Waals surface area contributed by atoms with E-state index in [2.05, 4.69) is 5.32 Å². The van der Waals surface area contributed by atoms with Crippen LogP contribution in [0.1, 0.15) is 23.2 Å². The first kappa shape index (κ1) is 11.7. The Morgan fingerprint density at radius 2 is 2.41 bits per heavy atom. The third-order valence-electron chi connectivity index (χ3n) is 2.82. The van der Waals surface area contributed by atoms with E-state index in [9.17, 15) is 4.79 Å². The number of carboxylic acids is 1. The molecule has 92 valence electrons. The molecule has 17 heavy (non-hydrogen) atoms. The van der Waals surface area contributed by atoms with Gasteiger partial charge in [-0.1, -0.05) is 0 Å². The molecule has 0 bridgehead atoms. The summed E-state index contributed by atoms with van der Waals surface area (Å²) in [6.45, 7) is 1.42. The van der Waals surface area contributed by atoms with Crippen molar-refractivity contribution in [3.63, 3.8) is 0 Å². The topological polar surface area (TPSA) is 84.6 Å². The molecule has 1 heterocycles. The zero-order valence-corrected chi connectivity index (χ0v) is 9.48. The maximum Gasteiger partial charge on any atom is 0.337 e. The van der Waals surface area contributed by atoms with E-state index in [0.717, 1.165) is 19.4 Å². The molecule has 0 aromatic heterocycles. The summed E-state index contributed by atoms with van der Waals surface area (Å²) >= 11 is 0. The summed E-state index contributed by atoms with van der Waals surface area (Å²) < 4.78 is 5.46. The van der Waals surface area contributed by atoms with Crippen LogP contribution in [0.4, 0.5) is 11.4 Å². The van der Waals surface area contributed by atoms with Crippen molar-refractivity contribution in [3.8, 4) is 0 Å². The smallest absolute Gasteiger partial charge is 0.337 e. The lowest BCUT2D eigenvalue weighted by Crippen LogP contribution is -2.19. The van der Waals surface area contributed by atoms with Gasteiger partial charge < -0.3 is 20.9 Å². The molecule has 1 fully saturated rings. The minimum absolute atomic E-state index is 0.175. The fraction of sp³-hybridized carbons (Fsp3) is 0.417. The van der Waals surface area contributed by atoms with Gasteiger partial charge in [-0.15, -0.1) is 0 Å². The monoisotopic (exact) mass is 236 g/mol. The normalized spacial score (nSPS) is 19.2. The van der Waals surface area contributed by atoms with E-state index in [1.165, 1.54) is 6.07 Å². The molecule has 5 nitrogen and oxygen atoms in total. The molecule has 0 aliphatic carbocycles. The number of ether oxygens (including phenoxy) is 1. The van der Waals surface area contributed by atoms with Gasteiger partial charge in [0.1, 0.15) is 0 Å². The molecule has 2 rings (SSSR count). The number of carbonyl (C=O) groups is 1. The number of nitrogens with one attached hydrogen (secondary N) is 1. The molecule has 0 unspecified atom stereocenters. The van der Waals surface area contributed by atoms with Crippen LogP contribution in [-0.2, 0) is 4.74 Å². The number of rotatable bonds is 4. The van der Waals surface area contributed by atoms with Crippen LogP contribution in [0.15, 0.2) is 18.2 Å². The Hall–Kier alpha value is -1.75. The molecule has 1 aromatic rings. The van der Waals surface area contributed by atoms with Gasteiger partial charge in [0, 0.05) is 24.5 Å². The van der Waals surface area contributed by atoms with Gasteiger partial charge in [-0.05, 0) is 31.0 Å². The third kappa shape index (κ3) is 2.88. The summed E-state index contributed by atoms with van der Waals surface area (Å²) in [5, 5.41) is 12.2. The van der Waals surface area contributed by atoms with Gasteiger partial charge in [0.2, 0.25) is 0 Å². The van der Waals surface area contributed by atoms with Crippen LogP contribution in [0.5, 0.6) is 0 Å². The highest BCUT2D eigenvalue weighted by Gasteiger charge is 2.16. The van der Waals surface area contributed by atoms with Gasteiger partial charge in [-0.25, -0.2) is 4.79 Å². The standard InChI is InChI=1S/C12H16N2O3/c13-8-3-4-11(10(6-8)12(15)16)14-7-9-2-1-5-17-9/h3-4,6,9,14H,1-2,5,7,13H2,(H,15,16)/t9-/m1/s1. The molecule has 1 atom stereocenters. The predicted molar refractivity (Wildman–Crippen MR) is 65.3 cm³/mol. The lowest BCUT2D eigenvalue weighted by molar-refractivity contribution is 0.0697. The first-order valence-corrected chi connectivity index (χ1v) is 5.65. The molecule has 0 amide bonds. The quantitative estimate of drug-likeness (QED) is 0.691. The number of hydrogen-bond acceptors (Lipinski definition) is 4. The number of carboxylic acid groups (broad SMARTS) is 1. The van der Waals surface area contributed by atoms with Crippen molar-refractivity contribution in [2.24, 2.45) is 0 Å². The lowest BCUT2D eigenvalue weighted by atomic mass is 10.1. The van der Waals surface area contributed by atoms with Crippen molar-refractivity contribution in [2.45, 2.75) is 18.9 Å². The predicted octanol–water partition coefficient (Wildman–Crippen LogP) is 1.56. The van der Waals surface area contributed by atoms with Crippen LogP contribution >= 0.6 is 0 Å². The van der Waals surface area contributed by atoms with E-state index in [1.54, 1.807) is 12.1 Å². The summed E-state index contributed by atoms with van der Waals surface area (Å²) in [6.07, 6.45) is 2.26. The van der Waals surface area contributed by atoms with Gasteiger partial charge in [0.05, 0.1) is 11.7 Å². The number of aromatic carboxylic acids is 1. The van der Waals surface area contributed by atoms with E-state index in [-0.39, 0.29) is 11.7 Å². The maximum atomic E-state index is 11.0. The molecule has 1 aliphatic rings. The van der Waals surface area contributed by atoms with E-state index < -0.39 is 5.97 Å². The second-order valence-corrected chi connectivity index (χ2v) is 4.13. The average molecular weight is 236 g/mol. The Balaban J connectivity index is 2.06. The highest BCUT2D eigenvalue weighted by Crippen LogP contribution is 2.20. The summed E-state index contributed by atoms with van der Waals surface area (Å²) in [5.41, 5.74) is 6.80. The van der Waals surface area contributed by atoms with E-state index in [1.807, 2.05) is 0 Å². The fourth-order valence-corrected chi connectivity index (χ4v) is 1.92. The molecule has 1 aliphatic heterocycles. The van der Waals surface area contributed by atoms with Crippen molar-refractivity contribution >= 4 is 17.3 Å². The lowest BCUT2D eigenvalue weighted by Gasteiger charge is -2.14. The molecule has 4 N–H and O–H groups in total. The SMILES string of the molecule is Nc1ccc(NC[C@H]2CCCO2)c(C(=O)O)c1. The number of anilines is 2. The summed E-state index contributed by atoms with van der Waals surface area (Å²) in [5.74, 6) is -0.979. The minimum Gasteiger partial charge on any atom is -0.478 e. The van der Waals surface area contributed by atoms with Crippen molar-refractivity contribution in [1.29, 1.82) is 0 Å². The van der Waals surface area contributed by atoms with Crippen LogP contribution in [0.2, 0.25) is 0 Å². The Morgan fingerprint density at radius 1 is 1.59 bits per heavy atom. The first-order chi connectivity index (χ1) is 8.16. The zero-order chi connectivity index (χ0) is 12.3. The van der Waals surface area contributed by atoms with Gasteiger partial charge in [-0.2, -0.15) is 0 Å². The van der Waals surface area contributed by atoms with Gasteiger partial charge in [0.25, 0.3) is 0 Å². The number of nitrogens with two attached hydrogens (primary N) is 1. The molecule has 1 saturated heterocycles. The second-order valence-electron chi connectivity index (χ2n) is 4.13. The Labute approximate surface area is 99.6 Å². The fourth-order valence-electron chi connectivity index (χ4n) is 1.92. The third-order valence-corrected chi connectivity index (χ3v) is 2.82. The number of nitrogen functional groups attached to an aromatic ring is 1. The molecule has 5 heteroatoms. The van der Waals surface area contributed by atoms with Crippen molar-refractivity contribution < 1.29 is 14.6 Å².